The van der Waals surface area contributed by atoms with E-state index < -0.39 is 16.5 Å². The fourth-order valence-electron chi connectivity index (χ4n) is 8.64. The van der Waals surface area contributed by atoms with Crippen LogP contribution in [0.25, 0.3) is 0 Å². The van der Waals surface area contributed by atoms with E-state index in [4.69, 9.17) is 0 Å². The van der Waals surface area contributed by atoms with Gasteiger partial charge in [0.25, 0.3) is 7.41 Å². The molecule has 5 nitrogen and oxygen atoms in total. The van der Waals surface area contributed by atoms with Crippen LogP contribution in [0.5, 0.6) is 0 Å². The number of carbonyl (C=O) groups excluding carboxylic acids is 3. The van der Waals surface area contributed by atoms with Crippen LogP contribution < -0.4 is 5.23 Å². The molecular formula is C37H70BN2O3. The van der Waals surface area contributed by atoms with Gasteiger partial charge in [0.05, 0.1) is 5.54 Å². The van der Waals surface area contributed by atoms with Crippen molar-refractivity contribution >= 4 is 24.7 Å². The number of hydrogen-bond acceptors (Lipinski definition) is 5. The van der Waals surface area contributed by atoms with Crippen LogP contribution in [0.3, 0.4) is 0 Å². The molecule has 5 unspecified atom stereocenters. The molecule has 1 aliphatic heterocycles. The third-order valence-corrected chi connectivity index (χ3v) is 12.1. The topological polar surface area (TPSA) is 66.5 Å². The van der Waals surface area contributed by atoms with Crippen LogP contribution in [0.4, 0.5) is 0 Å². The predicted octanol–water partition coefficient (Wildman–Crippen LogP) is 8.64. The lowest BCUT2D eigenvalue weighted by Crippen LogP contribution is -2.69. The molecule has 0 aliphatic carbocycles. The van der Waals surface area contributed by atoms with E-state index >= 15 is 0 Å². The molecule has 0 amide bonds. The Hall–Kier alpha value is -1.01. The third-order valence-electron chi connectivity index (χ3n) is 12.1. The van der Waals surface area contributed by atoms with Gasteiger partial charge in [-0.25, -0.2) is 0 Å². The Bertz CT molecular complexity index is 971. The maximum atomic E-state index is 14.3. The molecule has 1 heterocycles. The minimum atomic E-state index is -0.762. The number of carbonyl (C=O) groups is 3. The van der Waals surface area contributed by atoms with E-state index in [0.29, 0.717) is 24.5 Å². The lowest BCUT2D eigenvalue weighted by molar-refractivity contribution is -0.146. The third kappa shape index (κ3) is 8.63. The average Bonchev–Trinajstić information content (AvgIpc) is 2.91. The molecule has 0 saturated carbocycles. The van der Waals surface area contributed by atoms with E-state index in [1.165, 1.54) is 0 Å². The van der Waals surface area contributed by atoms with Gasteiger partial charge in [0, 0.05) is 34.9 Å². The molecule has 0 aromatic heterocycles. The molecular weight excluding hydrogens is 531 g/mol. The lowest BCUT2D eigenvalue weighted by atomic mass is 9.55. The zero-order valence-electron chi connectivity index (χ0n) is 31.3. The van der Waals surface area contributed by atoms with Gasteiger partial charge < -0.3 is 10.0 Å². The first kappa shape index (κ1) is 40.0. The summed E-state index contributed by atoms with van der Waals surface area (Å²) in [6.07, 6.45) is 6.71. The number of Topliss-reactive ketones (excluding diaryl/α,β-unsaturated/α-hetero) is 2. The van der Waals surface area contributed by atoms with Crippen molar-refractivity contribution in [3.63, 3.8) is 0 Å². The van der Waals surface area contributed by atoms with Gasteiger partial charge in [0.15, 0.2) is 0 Å². The highest BCUT2D eigenvalue weighted by Gasteiger charge is 2.56. The van der Waals surface area contributed by atoms with Crippen LogP contribution in [0.15, 0.2) is 0 Å². The Balaban J connectivity index is 3.78. The summed E-state index contributed by atoms with van der Waals surface area (Å²) in [4.78, 5) is 43.6. The summed E-state index contributed by atoms with van der Waals surface area (Å²) in [6, 6.07) is 0. The molecule has 1 N–H and O–H groups in total. The van der Waals surface area contributed by atoms with Gasteiger partial charge in [-0.15, -0.1) is 0 Å². The minimum Gasteiger partial charge on any atom is -0.342 e. The van der Waals surface area contributed by atoms with Gasteiger partial charge in [-0.3, -0.25) is 14.5 Å². The Morgan fingerprint density at radius 2 is 1.44 bits per heavy atom. The Morgan fingerprint density at radius 1 is 0.907 bits per heavy atom. The molecule has 0 bridgehead atoms. The van der Waals surface area contributed by atoms with E-state index in [1.807, 2.05) is 13.8 Å². The number of hydrogen-bond donors (Lipinski definition) is 1. The second kappa shape index (κ2) is 14.6. The molecule has 1 radical (unpaired) electrons. The van der Waals surface area contributed by atoms with Crippen molar-refractivity contribution in [1.29, 1.82) is 0 Å². The molecule has 5 atom stereocenters. The van der Waals surface area contributed by atoms with Gasteiger partial charge in [-0.1, -0.05) is 76.2 Å². The van der Waals surface area contributed by atoms with Crippen LogP contribution in [-0.2, 0) is 14.4 Å². The fraction of sp³-hybridized carbons (Fsp3) is 0.919. The molecule has 0 aromatic rings. The highest BCUT2D eigenvalue weighted by molar-refractivity contribution is 6.73. The number of nitrogens with one attached hydrogen (secondary N) is 1. The molecule has 1 aliphatic rings. The lowest BCUT2D eigenvalue weighted by Gasteiger charge is -2.61. The molecule has 0 spiro atoms. The van der Waals surface area contributed by atoms with E-state index in [-0.39, 0.29) is 39.7 Å². The molecule has 1 rings (SSSR count). The van der Waals surface area contributed by atoms with E-state index in [1.54, 1.807) is 14.3 Å². The van der Waals surface area contributed by atoms with Crippen LogP contribution in [-0.4, -0.2) is 52.7 Å². The van der Waals surface area contributed by atoms with Crippen molar-refractivity contribution in [3.05, 3.63) is 0 Å². The van der Waals surface area contributed by atoms with Crippen LogP contribution in [0.2, 0.25) is 0 Å². The normalized spacial score (nSPS) is 26.9. The van der Waals surface area contributed by atoms with Crippen molar-refractivity contribution in [2.75, 3.05) is 6.54 Å². The van der Waals surface area contributed by atoms with E-state index in [2.05, 4.69) is 100 Å². The summed E-state index contributed by atoms with van der Waals surface area (Å²) in [5.41, 5.74) is -2.37. The average molecular weight is 602 g/mol. The zero-order chi connectivity index (χ0) is 33.8. The highest BCUT2D eigenvalue weighted by atomic mass is 16.1. The van der Waals surface area contributed by atoms with Crippen LogP contribution in [0, 0.1) is 34.0 Å². The largest absolute Gasteiger partial charge is 0.342 e. The standard InChI is InChI=1S/C37H70BN2O3/c1-17-28(18-2)30(42)29-22-26(6)23-32(8,9)25-40(34(12,13)24-33(29,10)11)37(16,21-5)35(14,19-3)31(43)38-39-36(15,20-4)27(7)41/h26,28-29,39H,17-25H2,1-16H3. The SMILES string of the molecule is CCC(CC)C(=O)C1CC(C)CC(C)(C)CN(C(C)(CC)C(C)(CC)C(=O)[B]NC(C)(CC)C(C)=O)C(C)(C)CC1(C)C. The number of rotatable bonds is 14. The van der Waals surface area contributed by atoms with Gasteiger partial charge in [-0.05, 0) is 103 Å². The first-order chi connectivity index (χ1) is 19.5. The van der Waals surface area contributed by atoms with Crippen LogP contribution in [0.1, 0.15) is 162 Å². The smallest absolute Gasteiger partial charge is 0.296 e. The van der Waals surface area contributed by atoms with Gasteiger partial charge in [-0.2, -0.15) is 0 Å². The predicted molar refractivity (Wildman–Crippen MR) is 184 cm³/mol. The summed E-state index contributed by atoms with van der Waals surface area (Å²) in [5, 5.41) is 3.24. The van der Waals surface area contributed by atoms with Crippen molar-refractivity contribution in [2.45, 2.75) is 179 Å². The highest BCUT2D eigenvalue weighted by Crippen LogP contribution is 2.52. The first-order valence-electron chi connectivity index (χ1n) is 17.4. The summed E-state index contributed by atoms with van der Waals surface area (Å²) < 4.78 is 0. The van der Waals surface area contributed by atoms with Gasteiger partial charge >= 0.3 is 0 Å². The van der Waals surface area contributed by atoms with Crippen molar-refractivity contribution in [3.8, 4) is 0 Å². The molecule has 1 fully saturated rings. The summed E-state index contributed by atoms with van der Waals surface area (Å²) in [5.74, 6) is 1.01. The summed E-state index contributed by atoms with van der Waals surface area (Å²) in [7, 11) is 1.60. The quantitative estimate of drug-likeness (QED) is 0.202. The maximum absolute atomic E-state index is 14.3. The monoisotopic (exact) mass is 602 g/mol. The zero-order valence-corrected chi connectivity index (χ0v) is 31.3. The second-order valence-corrected chi connectivity index (χ2v) is 16.9. The van der Waals surface area contributed by atoms with Crippen molar-refractivity contribution in [1.82, 2.24) is 10.1 Å². The molecule has 0 aromatic carbocycles. The molecule has 43 heavy (non-hydrogen) atoms. The van der Waals surface area contributed by atoms with Crippen molar-refractivity contribution in [2.24, 2.45) is 34.0 Å². The second-order valence-electron chi connectivity index (χ2n) is 16.9. The van der Waals surface area contributed by atoms with Gasteiger partial charge in [0.1, 0.15) is 17.2 Å². The van der Waals surface area contributed by atoms with E-state index in [9.17, 15) is 14.4 Å². The number of ketones is 2. The Kier molecular flexibility index (Phi) is 13.6. The van der Waals surface area contributed by atoms with E-state index in [0.717, 1.165) is 45.1 Å². The summed E-state index contributed by atoms with van der Waals surface area (Å²) in [6.45, 7) is 35.8. The Labute approximate surface area is 268 Å². The first-order valence-corrected chi connectivity index (χ1v) is 17.4. The summed E-state index contributed by atoms with van der Waals surface area (Å²) >= 11 is 0. The maximum Gasteiger partial charge on any atom is 0.296 e. The fourth-order valence-corrected chi connectivity index (χ4v) is 8.64. The van der Waals surface area contributed by atoms with Crippen LogP contribution >= 0.6 is 0 Å². The number of nitrogens with zero attached hydrogens (tertiary/aromatic N) is 1. The molecule has 1 saturated heterocycles. The molecule has 6 heteroatoms. The minimum absolute atomic E-state index is 0.00494. The molecule has 249 valence electrons. The Morgan fingerprint density at radius 3 is 1.86 bits per heavy atom. The van der Waals surface area contributed by atoms with Crippen molar-refractivity contribution < 1.29 is 14.4 Å². The van der Waals surface area contributed by atoms with Gasteiger partial charge in [0.2, 0.25) is 0 Å².